The SMILES string of the molecule is CCNC(=NCc1ccc2c(c1)OCO2)NCC1(N(C)C)CCOCC1.I. The molecule has 3 rings (SSSR count). The second kappa shape index (κ2) is 10.3. The van der Waals surface area contributed by atoms with Crippen LogP contribution in [0.15, 0.2) is 23.2 Å². The first-order valence-corrected chi connectivity index (χ1v) is 9.29. The molecule has 0 spiro atoms. The summed E-state index contributed by atoms with van der Waals surface area (Å²) in [5.41, 5.74) is 1.20. The number of halogens is 1. The molecule has 7 nitrogen and oxygen atoms in total. The standard InChI is InChI=1S/C19H30N4O3.HI/c1-4-20-18(22-13-19(23(2)3)7-9-24-10-8-19)21-12-15-5-6-16-17(11-15)26-14-25-16;/h5-6,11H,4,7-10,12-14H2,1-3H3,(H2,20,21,22);1H. The number of likely N-dealkylation sites (N-methyl/N-ethyl adjacent to an activating group) is 1. The lowest BCUT2D eigenvalue weighted by atomic mass is 9.88. The van der Waals surface area contributed by atoms with Gasteiger partial charge >= 0.3 is 0 Å². The smallest absolute Gasteiger partial charge is 0.231 e. The topological polar surface area (TPSA) is 67.4 Å². The highest BCUT2D eigenvalue weighted by Crippen LogP contribution is 2.32. The molecule has 8 heteroatoms. The molecule has 0 unspecified atom stereocenters. The Bertz CT molecular complexity index is 633. The molecule has 1 aromatic carbocycles. The molecule has 2 aliphatic rings. The van der Waals surface area contributed by atoms with E-state index in [0.29, 0.717) is 13.3 Å². The van der Waals surface area contributed by atoms with E-state index in [0.717, 1.165) is 62.2 Å². The summed E-state index contributed by atoms with van der Waals surface area (Å²) >= 11 is 0. The highest BCUT2D eigenvalue weighted by Gasteiger charge is 2.34. The number of nitrogens with one attached hydrogen (secondary N) is 2. The fourth-order valence-electron chi connectivity index (χ4n) is 3.33. The van der Waals surface area contributed by atoms with Crippen LogP contribution in [0.25, 0.3) is 0 Å². The summed E-state index contributed by atoms with van der Waals surface area (Å²) in [6.07, 6.45) is 2.04. The van der Waals surface area contributed by atoms with Gasteiger partial charge in [0.25, 0.3) is 0 Å². The van der Waals surface area contributed by atoms with E-state index >= 15 is 0 Å². The minimum atomic E-state index is 0. The Kier molecular flexibility index (Phi) is 8.43. The predicted molar refractivity (Wildman–Crippen MR) is 117 cm³/mol. The molecule has 27 heavy (non-hydrogen) atoms. The van der Waals surface area contributed by atoms with Gasteiger partial charge in [0.2, 0.25) is 6.79 Å². The van der Waals surface area contributed by atoms with Crippen LogP contribution >= 0.6 is 24.0 Å². The molecule has 1 aromatic rings. The number of nitrogens with zero attached hydrogens (tertiary/aromatic N) is 2. The lowest BCUT2D eigenvalue weighted by Gasteiger charge is -2.43. The van der Waals surface area contributed by atoms with Gasteiger partial charge in [-0.3, -0.25) is 0 Å². The highest BCUT2D eigenvalue weighted by atomic mass is 127. The zero-order valence-corrected chi connectivity index (χ0v) is 18.7. The third-order valence-corrected chi connectivity index (χ3v) is 5.16. The van der Waals surface area contributed by atoms with Crippen LogP contribution in [0.4, 0.5) is 0 Å². The van der Waals surface area contributed by atoms with E-state index in [1.165, 1.54) is 0 Å². The van der Waals surface area contributed by atoms with Gasteiger partial charge in [-0.1, -0.05) is 6.07 Å². The molecule has 0 aliphatic carbocycles. The van der Waals surface area contributed by atoms with Crippen molar-refractivity contribution in [1.82, 2.24) is 15.5 Å². The molecule has 2 heterocycles. The average Bonchev–Trinajstić information content (AvgIpc) is 3.12. The molecule has 0 bridgehead atoms. The van der Waals surface area contributed by atoms with Crippen LogP contribution in [0.5, 0.6) is 11.5 Å². The van der Waals surface area contributed by atoms with Crippen molar-refractivity contribution in [2.45, 2.75) is 31.8 Å². The molecular formula is C19H31IN4O3. The molecule has 2 aliphatic heterocycles. The number of hydrogen-bond acceptors (Lipinski definition) is 5. The summed E-state index contributed by atoms with van der Waals surface area (Å²) < 4.78 is 16.3. The van der Waals surface area contributed by atoms with Crippen LogP contribution in [0.1, 0.15) is 25.3 Å². The number of ether oxygens (including phenoxy) is 3. The van der Waals surface area contributed by atoms with Crippen molar-refractivity contribution in [3.8, 4) is 11.5 Å². The lowest BCUT2D eigenvalue weighted by molar-refractivity contribution is -0.00501. The molecule has 152 valence electrons. The van der Waals surface area contributed by atoms with Crippen LogP contribution in [-0.2, 0) is 11.3 Å². The number of fused-ring (bicyclic) bond motifs is 1. The van der Waals surface area contributed by atoms with E-state index in [-0.39, 0.29) is 29.5 Å². The fraction of sp³-hybridized carbons (Fsp3) is 0.632. The number of rotatable bonds is 6. The summed E-state index contributed by atoms with van der Waals surface area (Å²) in [6.45, 7) is 6.25. The van der Waals surface area contributed by atoms with Crippen molar-refractivity contribution in [3.05, 3.63) is 23.8 Å². The van der Waals surface area contributed by atoms with Gasteiger partial charge in [-0.15, -0.1) is 24.0 Å². The third kappa shape index (κ3) is 5.61. The Morgan fingerprint density at radius 2 is 1.89 bits per heavy atom. The number of benzene rings is 1. The Morgan fingerprint density at radius 3 is 2.59 bits per heavy atom. The van der Waals surface area contributed by atoms with Gasteiger partial charge in [-0.25, -0.2) is 4.99 Å². The van der Waals surface area contributed by atoms with Crippen LogP contribution in [0, 0.1) is 0 Å². The second-order valence-corrected chi connectivity index (χ2v) is 6.97. The first kappa shape index (κ1) is 22.0. The van der Waals surface area contributed by atoms with E-state index in [2.05, 4.69) is 36.6 Å². The van der Waals surface area contributed by atoms with Gasteiger partial charge in [0.1, 0.15) is 0 Å². The molecule has 0 saturated carbocycles. The van der Waals surface area contributed by atoms with Crippen LogP contribution < -0.4 is 20.1 Å². The minimum absolute atomic E-state index is 0. The van der Waals surface area contributed by atoms with E-state index in [1.807, 2.05) is 18.2 Å². The Morgan fingerprint density at radius 1 is 1.15 bits per heavy atom. The Hall–Kier alpha value is -1.26. The molecule has 1 saturated heterocycles. The highest BCUT2D eigenvalue weighted by molar-refractivity contribution is 14.0. The number of aliphatic imine (C=N–C) groups is 1. The Balaban J connectivity index is 0.00000261. The quantitative estimate of drug-likeness (QED) is 0.362. The molecule has 1 fully saturated rings. The normalized spacial score (nSPS) is 18.1. The summed E-state index contributed by atoms with van der Waals surface area (Å²) in [5, 5.41) is 6.85. The van der Waals surface area contributed by atoms with E-state index in [1.54, 1.807) is 0 Å². The van der Waals surface area contributed by atoms with Gasteiger partial charge in [0.05, 0.1) is 6.54 Å². The molecular weight excluding hydrogens is 459 g/mol. The maximum absolute atomic E-state index is 5.55. The van der Waals surface area contributed by atoms with Crippen molar-refractivity contribution in [2.24, 2.45) is 4.99 Å². The molecule has 0 radical (unpaired) electrons. The van der Waals surface area contributed by atoms with Gasteiger partial charge in [-0.2, -0.15) is 0 Å². The largest absolute Gasteiger partial charge is 0.454 e. The third-order valence-electron chi connectivity index (χ3n) is 5.16. The summed E-state index contributed by atoms with van der Waals surface area (Å²) in [7, 11) is 4.29. The molecule has 0 aromatic heterocycles. The van der Waals surface area contributed by atoms with Crippen molar-refractivity contribution in [2.75, 3.05) is 47.2 Å². The predicted octanol–water partition coefficient (Wildman–Crippen LogP) is 2.20. The summed E-state index contributed by atoms with van der Waals surface area (Å²) in [4.78, 5) is 7.04. The molecule has 0 amide bonds. The van der Waals surface area contributed by atoms with E-state index < -0.39 is 0 Å². The van der Waals surface area contributed by atoms with Crippen LogP contribution in [0.3, 0.4) is 0 Å². The van der Waals surface area contributed by atoms with Crippen molar-refractivity contribution < 1.29 is 14.2 Å². The zero-order chi connectivity index (χ0) is 18.4. The number of guanidine groups is 1. The zero-order valence-electron chi connectivity index (χ0n) is 16.4. The lowest BCUT2D eigenvalue weighted by Crippen LogP contribution is -2.57. The fourth-order valence-corrected chi connectivity index (χ4v) is 3.33. The first-order chi connectivity index (χ1) is 12.6. The number of hydrogen-bond donors (Lipinski definition) is 2. The first-order valence-electron chi connectivity index (χ1n) is 9.29. The monoisotopic (exact) mass is 490 g/mol. The Labute approximate surface area is 178 Å². The van der Waals surface area contributed by atoms with Crippen molar-refractivity contribution >= 4 is 29.9 Å². The van der Waals surface area contributed by atoms with Gasteiger partial charge < -0.3 is 29.7 Å². The maximum atomic E-state index is 5.55. The van der Waals surface area contributed by atoms with E-state index in [9.17, 15) is 0 Å². The van der Waals surface area contributed by atoms with E-state index in [4.69, 9.17) is 19.2 Å². The maximum Gasteiger partial charge on any atom is 0.231 e. The average molecular weight is 490 g/mol. The van der Waals surface area contributed by atoms with Gasteiger partial charge in [-0.05, 0) is 51.6 Å². The summed E-state index contributed by atoms with van der Waals surface area (Å²) in [5.74, 6) is 2.43. The molecule has 2 N–H and O–H groups in total. The van der Waals surface area contributed by atoms with Crippen molar-refractivity contribution in [3.63, 3.8) is 0 Å². The van der Waals surface area contributed by atoms with Crippen molar-refractivity contribution in [1.29, 1.82) is 0 Å². The minimum Gasteiger partial charge on any atom is -0.454 e. The molecule has 0 atom stereocenters. The summed E-state index contributed by atoms with van der Waals surface area (Å²) in [6, 6.07) is 5.96. The second-order valence-electron chi connectivity index (χ2n) is 6.97. The van der Waals surface area contributed by atoms with Gasteiger partial charge in [0.15, 0.2) is 17.5 Å². The van der Waals surface area contributed by atoms with Crippen LogP contribution in [0.2, 0.25) is 0 Å². The van der Waals surface area contributed by atoms with Crippen LogP contribution in [-0.4, -0.2) is 63.6 Å². The van der Waals surface area contributed by atoms with Gasteiger partial charge in [0, 0.05) is 31.8 Å².